The summed E-state index contributed by atoms with van der Waals surface area (Å²) in [6, 6.07) is 5.94. The molecule has 1 aromatic heterocycles. The summed E-state index contributed by atoms with van der Waals surface area (Å²) >= 11 is 0. The molecule has 0 spiro atoms. The van der Waals surface area contributed by atoms with E-state index in [-0.39, 0.29) is 19.6 Å². The highest BCUT2D eigenvalue weighted by Crippen LogP contribution is 2.48. The maximum atomic E-state index is 13.4. The topological polar surface area (TPSA) is 70.4 Å². The van der Waals surface area contributed by atoms with Gasteiger partial charge in [0.2, 0.25) is 0 Å². The van der Waals surface area contributed by atoms with Crippen molar-refractivity contribution in [2.75, 3.05) is 13.1 Å². The Morgan fingerprint density at radius 3 is 2.38 bits per heavy atom. The molecule has 2 fully saturated rings. The Hall–Kier alpha value is -2.60. The zero-order chi connectivity index (χ0) is 25.0. The average molecular weight is 490 g/mol. The summed E-state index contributed by atoms with van der Waals surface area (Å²) in [4.78, 5) is 13.4. The quantitative estimate of drug-likeness (QED) is 0.627. The van der Waals surface area contributed by atoms with Gasteiger partial charge in [0.1, 0.15) is 6.04 Å². The molecule has 2 saturated heterocycles. The van der Waals surface area contributed by atoms with E-state index in [4.69, 9.17) is 0 Å². The number of carboxylic acids is 1. The number of aromatic nitrogens is 2. The van der Waals surface area contributed by atoms with Crippen LogP contribution < -0.4 is 5.32 Å². The van der Waals surface area contributed by atoms with Gasteiger partial charge in [0.05, 0.1) is 11.4 Å². The van der Waals surface area contributed by atoms with E-state index in [9.17, 15) is 36.2 Å². The zero-order valence-electron chi connectivity index (χ0n) is 18.4. The minimum atomic E-state index is -5.55. The Labute approximate surface area is 191 Å². The van der Waals surface area contributed by atoms with Gasteiger partial charge < -0.3 is 10.4 Å². The monoisotopic (exact) mass is 490 g/mol. The highest BCUT2D eigenvalue weighted by molar-refractivity contribution is 5.74. The first-order valence-corrected chi connectivity index (χ1v) is 10.7. The van der Waals surface area contributed by atoms with Crippen LogP contribution in [0.25, 0.3) is 11.3 Å². The Bertz CT molecular complexity index is 1050. The van der Waals surface area contributed by atoms with Crippen molar-refractivity contribution in [3.05, 3.63) is 41.6 Å². The van der Waals surface area contributed by atoms with Gasteiger partial charge >= 0.3 is 18.3 Å². The zero-order valence-corrected chi connectivity index (χ0v) is 18.4. The predicted molar refractivity (Wildman–Crippen MR) is 110 cm³/mol. The number of likely N-dealkylation sites (tertiary alicyclic amines) is 1. The van der Waals surface area contributed by atoms with Crippen LogP contribution in [0.1, 0.15) is 11.3 Å². The molecule has 4 unspecified atom stereocenters. The number of carbonyl (C=O) groups is 1. The van der Waals surface area contributed by atoms with Crippen LogP contribution in [-0.2, 0) is 18.4 Å². The number of hydrogen-bond donors (Lipinski definition) is 2. The number of aliphatic carboxylic acids is 1. The fourth-order valence-electron chi connectivity index (χ4n) is 5.28. The molecule has 6 nitrogen and oxygen atoms in total. The lowest BCUT2D eigenvalue weighted by Gasteiger charge is -2.32. The van der Waals surface area contributed by atoms with Gasteiger partial charge in [-0.15, -0.1) is 0 Å². The first-order chi connectivity index (χ1) is 15.8. The molecule has 4 rings (SSSR count). The predicted octanol–water partition coefficient (Wildman–Crippen LogP) is 3.61. The van der Waals surface area contributed by atoms with Crippen LogP contribution in [0.5, 0.6) is 0 Å². The number of aryl methyl sites for hydroxylation is 2. The number of fused-ring (bicyclic) bond motifs is 1. The molecule has 0 bridgehead atoms. The van der Waals surface area contributed by atoms with Gasteiger partial charge in [0.25, 0.3) is 0 Å². The lowest BCUT2D eigenvalue weighted by molar-refractivity contribution is -0.293. The van der Waals surface area contributed by atoms with Gasteiger partial charge in [-0.1, -0.05) is 23.8 Å². The van der Waals surface area contributed by atoms with Gasteiger partial charge in [0, 0.05) is 44.2 Å². The second-order valence-corrected chi connectivity index (χ2v) is 9.11. The molecule has 12 heteroatoms. The van der Waals surface area contributed by atoms with Gasteiger partial charge in [-0.25, -0.2) is 0 Å². The van der Waals surface area contributed by atoms with Crippen LogP contribution in [0, 0.1) is 24.7 Å². The lowest BCUT2D eigenvalue weighted by Crippen LogP contribution is -2.53. The number of nitrogens with zero attached hydrogens (tertiary/aromatic N) is 3. The fourth-order valence-corrected chi connectivity index (χ4v) is 5.28. The number of halogens is 6. The maximum Gasteiger partial charge on any atom is 0.402 e. The number of alkyl halides is 6. The van der Waals surface area contributed by atoms with Crippen molar-refractivity contribution in [3.63, 3.8) is 0 Å². The summed E-state index contributed by atoms with van der Waals surface area (Å²) < 4.78 is 82.1. The second-order valence-electron chi connectivity index (χ2n) is 9.11. The SMILES string of the molecule is Cc1cccc(-c2cc(CN3CC4C(C(=O)O)NC(C(C(F)(F)F)C(F)(F)F)C4C3)n(C)n2)c1. The van der Waals surface area contributed by atoms with Crippen LogP contribution in [0.2, 0.25) is 0 Å². The molecule has 2 aliphatic rings. The molecule has 34 heavy (non-hydrogen) atoms. The van der Waals surface area contributed by atoms with E-state index >= 15 is 0 Å². The number of hydrogen-bond acceptors (Lipinski definition) is 4. The van der Waals surface area contributed by atoms with Gasteiger partial charge in [0.15, 0.2) is 5.92 Å². The molecule has 3 heterocycles. The molecule has 186 valence electrons. The summed E-state index contributed by atoms with van der Waals surface area (Å²) in [5, 5.41) is 16.1. The van der Waals surface area contributed by atoms with E-state index in [1.165, 1.54) is 0 Å². The fraction of sp³-hybridized carbons (Fsp3) is 0.545. The molecule has 2 N–H and O–H groups in total. The van der Waals surface area contributed by atoms with Crippen LogP contribution in [0.15, 0.2) is 30.3 Å². The van der Waals surface area contributed by atoms with Crippen molar-refractivity contribution in [2.24, 2.45) is 24.8 Å². The Balaban J connectivity index is 1.57. The third-order valence-electron chi connectivity index (χ3n) is 6.76. The number of rotatable bonds is 5. The highest BCUT2D eigenvalue weighted by Gasteiger charge is 2.66. The maximum absolute atomic E-state index is 13.4. The molecule has 4 atom stereocenters. The van der Waals surface area contributed by atoms with E-state index in [0.717, 1.165) is 16.8 Å². The van der Waals surface area contributed by atoms with Crippen molar-refractivity contribution in [1.82, 2.24) is 20.0 Å². The molecule has 0 amide bonds. The van der Waals surface area contributed by atoms with Crippen molar-refractivity contribution in [3.8, 4) is 11.3 Å². The summed E-state index contributed by atoms with van der Waals surface area (Å²) in [7, 11) is 1.71. The molecule has 1 aromatic carbocycles. The third kappa shape index (κ3) is 4.65. The number of carboxylic acid groups (broad SMARTS) is 1. The smallest absolute Gasteiger partial charge is 0.402 e. The van der Waals surface area contributed by atoms with E-state index in [1.807, 2.05) is 37.3 Å². The summed E-state index contributed by atoms with van der Waals surface area (Å²) in [5.74, 6) is -7.08. The Morgan fingerprint density at radius 1 is 1.15 bits per heavy atom. The van der Waals surface area contributed by atoms with E-state index in [0.29, 0.717) is 5.69 Å². The summed E-state index contributed by atoms with van der Waals surface area (Å²) in [6.07, 6.45) is -11.1. The molecule has 0 radical (unpaired) electrons. The molecular formula is C22H24F6N4O2. The third-order valence-corrected chi connectivity index (χ3v) is 6.76. The minimum Gasteiger partial charge on any atom is -0.480 e. The Morgan fingerprint density at radius 2 is 1.79 bits per heavy atom. The van der Waals surface area contributed by atoms with E-state index < -0.39 is 48.2 Å². The van der Waals surface area contributed by atoms with Crippen LogP contribution in [0.3, 0.4) is 0 Å². The van der Waals surface area contributed by atoms with E-state index in [1.54, 1.807) is 16.6 Å². The minimum absolute atomic E-state index is 0.0680. The largest absolute Gasteiger partial charge is 0.480 e. The van der Waals surface area contributed by atoms with Crippen molar-refractivity contribution in [1.29, 1.82) is 0 Å². The summed E-state index contributed by atoms with van der Waals surface area (Å²) in [5.41, 5.74) is 3.33. The highest BCUT2D eigenvalue weighted by atomic mass is 19.4. The first-order valence-electron chi connectivity index (χ1n) is 10.7. The second kappa shape index (κ2) is 8.56. The normalized spacial score (nSPS) is 25.8. The average Bonchev–Trinajstić information content (AvgIpc) is 3.35. The first kappa shape index (κ1) is 24.5. The number of nitrogens with one attached hydrogen (secondary N) is 1. The summed E-state index contributed by atoms with van der Waals surface area (Å²) in [6.45, 7) is 2.15. The van der Waals surface area contributed by atoms with Crippen LogP contribution >= 0.6 is 0 Å². The molecule has 2 aromatic rings. The van der Waals surface area contributed by atoms with Gasteiger partial charge in [-0.2, -0.15) is 31.4 Å². The van der Waals surface area contributed by atoms with Crippen LogP contribution in [-0.4, -0.2) is 63.3 Å². The van der Waals surface area contributed by atoms with E-state index in [2.05, 4.69) is 10.4 Å². The van der Waals surface area contributed by atoms with Crippen LogP contribution in [0.4, 0.5) is 26.3 Å². The number of benzene rings is 1. The molecule has 2 aliphatic heterocycles. The lowest BCUT2D eigenvalue weighted by atomic mass is 9.84. The molecule has 0 aliphatic carbocycles. The van der Waals surface area contributed by atoms with Gasteiger partial charge in [-0.3, -0.25) is 14.4 Å². The van der Waals surface area contributed by atoms with Crippen molar-refractivity contribution < 1.29 is 36.2 Å². The molecular weight excluding hydrogens is 466 g/mol. The molecule has 0 saturated carbocycles. The van der Waals surface area contributed by atoms with Crippen molar-refractivity contribution >= 4 is 5.97 Å². The Kier molecular flexibility index (Phi) is 6.17. The van der Waals surface area contributed by atoms with Crippen molar-refractivity contribution in [2.45, 2.75) is 37.9 Å². The van der Waals surface area contributed by atoms with Gasteiger partial charge in [-0.05, 0) is 25.0 Å². The standard InChI is InChI=1S/C22H24F6N4O2/c1-11-4-3-5-12(6-11)16-7-13(31(2)30-16)8-32-9-14-15(10-32)18(20(33)34)29-17(14)19(21(23,24)25)22(26,27)28/h3-7,14-15,17-19,29H,8-10H2,1-2H3,(H,33,34).